The molecule has 0 saturated carbocycles. The molecule has 0 aromatic heterocycles. The van der Waals surface area contributed by atoms with Crippen LogP contribution in [0.4, 0.5) is 0 Å². The Morgan fingerprint density at radius 1 is 0.633 bits per heavy atom. The number of rotatable bonds is 7. The zero-order valence-corrected chi connectivity index (χ0v) is 18.9. The molecule has 7 heteroatoms. The molecule has 0 aliphatic rings. The number of hydrogen-bond acceptors (Lipinski definition) is 4. The van der Waals surface area contributed by atoms with Gasteiger partial charge in [0.2, 0.25) is 0 Å². The third-order valence-electron chi connectivity index (χ3n) is 4.46. The summed E-state index contributed by atoms with van der Waals surface area (Å²) in [5, 5.41) is 14.6. The third-order valence-corrected chi connectivity index (χ3v) is 5.49. The van der Waals surface area contributed by atoms with Gasteiger partial charge in [-0.1, -0.05) is 89.4 Å². The molecule has 0 aliphatic heterocycles. The van der Waals surface area contributed by atoms with E-state index in [0.717, 1.165) is 16.7 Å². The fraction of sp³-hybridized carbons (Fsp3) is 0.130. The van der Waals surface area contributed by atoms with Crippen LogP contribution >= 0.6 is 34.8 Å². The first-order valence-electron chi connectivity index (χ1n) is 9.24. The molecule has 0 saturated heterocycles. The molecule has 0 spiro atoms. The molecule has 3 rings (SSSR count). The summed E-state index contributed by atoms with van der Waals surface area (Å²) in [6.07, 6.45) is 3.09. The zero-order valence-electron chi connectivity index (χ0n) is 16.6. The average Bonchev–Trinajstić information content (AvgIpc) is 2.74. The first-order chi connectivity index (χ1) is 14.5. The fourth-order valence-corrected chi connectivity index (χ4v) is 3.52. The van der Waals surface area contributed by atoms with Crippen molar-refractivity contribution in [1.82, 2.24) is 10.0 Å². The van der Waals surface area contributed by atoms with Crippen molar-refractivity contribution in [3.05, 3.63) is 105 Å². The van der Waals surface area contributed by atoms with Gasteiger partial charge in [-0.3, -0.25) is 10.0 Å². The highest BCUT2D eigenvalue weighted by molar-refractivity contribution is 6.33. The Bertz CT molecular complexity index is 990. The summed E-state index contributed by atoms with van der Waals surface area (Å²) in [6.45, 7) is 0. The lowest BCUT2D eigenvalue weighted by atomic mass is 10.1. The summed E-state index contributed by atoms with van der Waals surface area (Å²) in [4.78, 5) is 0. The SMILES string of the molecule is CN(N=Cc1ccccc1Cl)C(c1ccccc1Cl)N(C)N=Cc1ccccc1Cl. The minimum Gasteiger partial charge on any atom is -0.272 e. The van der Waals surface area contributed by atoms with Crippen LogP contribution in [0.5, 0.6) is 0 Å². The van der Waals surface area contributed by atoms with Crippen LogP contribution in [0, 0.1) is 0 Å². The molecule has 30 heavy (non-hydrogen) atoms. The summed E-state index contributed by atoms with van der Waals surface area (Å²) in [5.74, 6) is 0. The van der Waals surface area contributed by atoms with Crippen LogP contribution in [0.15, 0.2) is 83.0 Å². The maximum Gasteiger partial charge on any atom is 0.160 e. The summed E-state index contributed by atoms with van der Waals surface area (Å²) < 4.78 is 0. The van der Waals surface area contributed by atoms with Crippen molar-refractivity contribution in [2.24, 2.45) is 10.2 Å². The second-order valence-electron chi connectivity index (χ2n) is 6.57. The van der Waals surface area contributed by atoms with E-state index in [2.05, 4.69) is 10.2 Å². The molecular formula is C23H21Cl3N4. The first kappa shape index (κ1) is 22.2. The van der Waals surface area contributed by atoms with Crippen LogP contribution in [0.1, 0.15) is 22.9 Å². The van der Waals surface area contributed by atoms with Gasteiger partial charge in [0, 0.05) is 45.9 Å². The molecule has 0 radical (unpaired) electrons. The van der Waals surface area contributed by atoms with Gasteiger partial charge in [-0.2, -0.15) is 10.2 Å². The third kappa shape index (κ3) is 5.54. The van der Waals surface area contributed by atoms with E-state index in [0.29, 0.717) is 15.1 Å². The Hall–Kier alpha value is -2.53. The molecule has 154 valence electrons. The van der Waals surface area contributed by atoms with E-state index >= 15 is 0 Å². The van der Waals surface area contributed by atoms with Crippen LogP contribution in [-0.4, -0.2) is 36.5 Å². The standard InChI is InChI=1S/C23H21Cl3N4/c1-29(27-15-17-9-3-6-12-20(17)24)23(19-11-5-8-14-22(19)26)30(2)28-16-18-10-4-7-13-21(18)25/h3-16,23H,1-2H3. The second kappa shape index (κ2) is 10.5. The quantitative estimate of drug-likeness (QED) is 0.227. The highest BCUT2D eigenvalue weighted by atomic mass is 35.5. The molecule has 3 aromatic carbocycles. The van der Waals surface area contributed by atoms with Gasteiger partial charge in [0.25, 0.3) is 0 Å². The number of halogens is 3. The van der Waals surface area contributed by atoms with Gasteiger partial charge in [-0.15, -0.1) is 0 Å². The van der Waals surface area contributed by atoms with Crippen LogP contribution < -0.4 is 0 Å². The van der Waals surface area contributed by atoms with E-state index in [4.69, 9.17) is 34.8 Å². The van der Waals surface area contributed by atoms with E-state index in [1.54, 1.807) is 22.4 Å². The Morgan fingerprint density at radius 3 is 1.47 bits per heavy atom. The highest BCUT2D eigenvalue weighted by Crippen LogP contribution is 2.29. The number of benzene rings is 3. The molecule has 0 atom stereocenters. The predicted octanol–water partition coefficient (Wildman–Crippen LogP) is 6.58. The molecular weight excluding hydrogens is 439 g/mol. The van der Waals surface area contributed by atoms with Gasteiger partial charge >= 0.3 is 0 Å². The molecule has 0 unspecified atom stereocenters. The summed E-state index contributed by atoms with van der Waals surface area (Å²) in [6, 6.07) is 22.7. The van der Waals surface area contributed by atoms with Gasteiger partial charge in [-0.05, 0) is 18.2 Å². The number of nitrogens with zero attached hydrogens (tertiary/aromatic N) is 4. The Morgan fingerprint density at radius 2 is 1.03 bits per heavy atom. The van der Waals surface area contributed by atoms with Crippen LogP contribution in [0.3, 0.4) is 0 Å². The van der Waals surface area contributed by atoms with E-state index in [-0.39, 0.29) is 6.17 Å². The first-order valence-corrected chi connectivity index (χ1v) is 10.4. The summed E-state index contributed by atoms with van der Waals surface area (Å²) in [7, 11) is 3.73. The van der Waals surface area contributed by atoms with E-state index < -0.39 is 0 Å². The van der Waals surface area contributed by atoms with Crippen molar-refractivity contribution in [3.8, 4) is 0 Å². The average molecular weight is 460 g/mol. The van der Waals surface area contributed by atoms with Gasteiger partial charge in [0.1, 0.15) is 0 Å². The lowest BCUT2D eigenvalue weighted by Gasteiger charge is -2.32. The van der Waals surface area contributed by atoms with E-state index in [9.17, 15) is 0 Å². The minimum absolute atomic E-state index is 0.351. The van der Waals surface area contributed by atoms with Crippen molar-refractivity contribution >= 4 is 47.2 Å². The van der Waals surface area contributed by atoms with Crippen LogP contribution in [0.25, 0.3) is 0 Å². The van der Waals surface area contributed by atoms with Gasteiger partial charge < -0.3 is 0 Å². The van der Waals surface area contributed by atoms with Crippen molar-refractivity contribution in [3.63, 3.8) is 0 Å². The number of hydrazone groups is 2. The van der Waals surface area contributed by atoms with E-state index in [1.165, 1.54) is 0 Å². The second-order valence-corrected chi connectivity index (χ2v) is 7.80. The molecule has 0 heterocycles. The maximum absolute atomic E-state index is 6.49. The molecule has 0 fully saturated rings. The minimum atomic E-state index is -0.351. The van der Waals surface area contributed by atoms with Gasteiger partial charge in [-0.25, -0.2) is 0 Å². The van der Waals surface area contributed by atoms with Gasteiger partial charge in [0.05, 0.1) is 12.4 Å². The van der Waals surface area contributed by atoms with Crippen molar-refractivity contribution < 1.29 is 0 Å². The maximum atomic E-state index is 6.49. The molecule has 0 aliphatic carbocycles. The fourth-order valence-electron chi connectivity index (χ4n) is 2.92. The highest BCUT2D eigenvalue weighted by Gasteiger charge is 2.22. The zero-order chi connectivity index (χ0) is 21.5. The van der Waals surface area contributed by atoms with Crippen molar-refractivity contribution in [1.29, 1.82) is 0 Å². The largest absolute Gasteiger partial charge is 0.272 e. The summed E-state index contributed by atoms with van der Waals surface area (Å²) >= 11 is 19.0. The predicted molar refractivity (Wildman–Crippen MR) is 128 cm³/mol. The van der Waals surface area contributed by atoms with Crippen LogP contribution in [-0.2, 0) is 0 Å². The Kier molecular flexibility index (Phi) is 7.75. The van der Waals surface area contributed by atoms with Crippen molar-refractivity contribution in [2.45, 2.75) is 6.17 Å². The lowest BCUT2D eigenvalue weighted by Crippen LogP contribution is -2.32. The molecule has 0 bridgehead atoms. The van der Waals surface area contributed by atoms with Crippen LogP contribution in [0.2, 0.25) is 15.1 Å². The Balaban J connectivity index is 1.91. The lowest BCUT2D eigenvalue weighted by molar-refractivity contribution is 0.0898. The normalized spacial score (nSPS) is 12.4. The monoisotopic (exact) mass is 458 g/mol. The Labute approximate surface area is 192 Å². The molecule has 0 N–H and O–H groups in total. The number of hydrogen-bond donors (Lipinski definition) is 0. The van der Waals surface area contributed by atoms with Gasteiger partial charge in [0.15, 0.2) is 6.17 Å². The smallest absolute Gasteiger partial charge is 0.160 e. The molecule has 4 nitrogen and oxygen atoms in total. The molecule has 3 aromatic rings. The van der Waals surface area contributed by atoms with E-state index in [1.807, 2.05) is 86.9 Å². The van der Waals surface area contributed by atoms with Crippen molar-refractivity contribution in [2.75, 3.05) is 14.1 Å². The molecule has 0 amide bonds. The summed E-state index contributed by atoms with van der Waals surface area (Å²) in [5.41, 5.74) is 2.52. The topological polar surface area (TPSA) is 31.2 Å².